The molecule has 8 nitrogen and oxygen atoms in total. The van der Waals surface area contributed by atoms with Crippen LogP contribution in [0.3, 0.4) is 0 Å². The molecule has 0 saturated carbocycles. The highest BCUT2D eigenvalue weighted by Crippen LogP contribution is 2.44. The summed E-state index contributed by atoms with van der Waals surface area (Å²) in [5.41, 5.74) is 0.472. The van der Waals surface area contributed by atoms with Crippen LogP contribution < -0.4 is 5.73 Å². The van der Waals surface area contributed by atoms with E-state index < -0.39 is 56.8 Å². The number of fused-ring (bicyclic) bond motifs is 1. The van der Waals surface area contributed by atoms with E-state index in [1.54, 1.807) is 0 Å². The summed E-state index contributed by atoms with van der Waals surface area (Å²) >= 11 is 0. The van der Waals surface area contributed by atoms with Crippen LogP contribution in [-0.2, 0) is 21.7 Å². The average Bonchev–Trinajstić information content (AvgIpc) is 3.06. The van der Waals surface area contributed by atoms with E-state index in [1.807, 2.05) is 0 Å². The molecule has 1 atom stereocenters. The number of alkyl halides is 3. The van der Waals surface area contributed by atoms with Crippen LogP contribution in [0, 0.1) is 5.82 Å². The van der Waals surface area contributed by atoms with E-state index in [1.165, 1.54) is 19.9 Å². The van der Waals surface area contributed by atoms with Crippen molar-refractivity contribution in [1.29, 1.82) is 0 Å². The molecule has 0 unspecified atom stereocenters. The second-order valence-corrected chi connectivity index (χ2v) is 10.7. The molecule has 0 bridgehead atoms. The molecule has 13 heteroatoms. The molecule has 3 aromatic rings. The number of rotatable bonds is 7. The van der Waals surface area contributed by atoms with Crippen molar-refractivity contribution in [2.24, 2.45) is 5.73 Å². The Morgan fingerprint density at radius 3 is 2.41 bits per heavy atom. The fourth-order valence-electron chi connectivity index (χ4n) is 3.95. The minimum Gasteiger partial charge on any atom is -0.380 e. The number of H-pyrrole nitrogens is 1. The Bertz CT molecular complexity index is 1370. The first-order valence-corrected chi connectivity index (χ1v) is 11.8. The topological polar surface area (TPSA) is 139 Å². The number of nitrogens with one attached hydrogen (secondary N) is 1. The van der Waals surface area contributed by atoms with Gasteiger partial charge in [-0.3, -0.25) is 4.79 Å². The Morgan fingerprint density at radius 1 is 1.21 bits per heavy atom. The van der Waals surface area contributed by atoms with Crippen LogP contribution >= 0.6 is 0 Å². The molecule has 2 aromatic heterocycles. The summed E-state index contributed by atoms with van der Waals surface area (Å²) in [4.78, 5) is 22.0. The Morgan fingerprint density at radius 2 is 1.85 bits per heavy atom. The van der Waals surface area contributed by atoms with Gasteiger partial charge < -0.3 is 15.8 Å². The largest absolute Gasteiger partial charge is 0.417 e. The molecule has 0 aliphatic carbocycles. The number of nitrogens with two attached hydrogens (primary N) is 1. The van der Waals surface area contributed by atoms with Gasteiger partial charge in [-0.25, -0.2) is 22.8 Å². The minimum absolute atomic E-state index is 0.0457. The van der Waals surface area contributed by atoms with Crippen LogP contribution in [0.25, 0.3) is 11.0 Å². The van der Waals surface area contributed by atoms with Gasteiger partial charge in [0.25, 0.3) is 0 Å². The third-order valence-corrected chi connectivity index (χ3v) is 6.32. The maximum Gasteiger partial charge on any atom is 0.417 e. The van der Waals surface area contributed by atoms with Crippen LogP contribution in [0.15, 0.2) is 35.6 Å². The van der Waals surface area contributed by atoms with Gasteiger partial charge in [0.05, 0.1) is 17.2 Å². The van der Waals surface area contributed by atoms with E-state index in [9.17, 15) is 35.9 Å². The third kappa shape index (κ3) is 5.04. The zero-order valence-corrected chi connectivity index (χ0v) is 19.2. The molecule has 1 amide bonds. The molecule has 0 radical (unpaired) electrons. The summed E-state index contributed by atoms with van der Waals surface area (Å²) in [7, 11) is -3.74. The van der Waals surface area contributed by atoms with Gasteiger partial charge in [-0.2, -0.15) is 13.2 Å². The number of amides is 1. The SMILES string of the molecule is CC(C)(C[C@@](O)(Cc1cc2nc(S(C)(=O)=O)ncc2[nH]1)C(F)(F)F)c1ccc(F)cc1C(N)=O. The maximum absolute atomic E-state index is 14.1. The van der Waals surface area contributed by atoms with Gasteiger partial charge in [0.15, 0.2) is 5.60 Å². The van der Waals surface area contributed by atoms with E-state index in [0.29, 0.717) is 0 Å². The standard InChI is InChI=1S/C21H22F4N4O4S/c1-19(2,14-5-4-11(22)6-13(14)17(26)30)10-20(31,21(23,24)25)8-12-7-15-16(28-12)9-27-18(29-15)34(3,32)33/h4-7,9,28,31H,8,10H2,1-3H3,(H2,26,30)/t20-/m0/s1. The van der Waals surface area contributed by atoms with Gasteiger partial charge in [0, 0.05) is 23.9 Å². The lowest BCUT2D eigenvalue weighted by Crippen LogP contribution is -2.51. The summed E-state index contributed by atoms with van der Waals surface area (Å²) in [6.45, 7) is 2.75. The first kappa shape index (κ1) is 25.6. The number of hydrogen-bond acceptors (Lipinski definition) is 6. The van der Waals surface area contributed by atoms with E-state index in [0.717, 1.165) is 30.7 Å². The number of aromatic nitrogens is 3. The van der Waals surface area contributed by atoms with Crippen LogP contribution in [0.2, 0.25) is 0 Å². The van der Waals surface area contributed by atoms with Gasteiger partial charge in [-0.1, -0.05) is 19.9 Å². The number of aromatic amines is 1. The molecule has 0 saturated heterocycles. The van der Waals surface area contributed by atoms with Crippen molar-refractivity contribution in [2.45, 2.75) is 49.0 Å². The van der Waals surface area contributed by atoms with Gasteiger partial charge in [-0.05, 0) is 35.6 Å². The van der Waals surface area contributed by atoms with Crippen molar-refractivity contribution in [2.75, 3.05) is 6.26 Å². The molecule has 0 aliphatic rings. The zero-order valence-electron chi connectivity index (χ0n) is 18.4. The van der Waals surface area contributed by atoms with Gasteiger partial charge in [0.1, 0.15) is 5.82 Å². The number of sulfone groups is 1. The van der Waals surface area contributed by atoms with Crippen LogP contribution in [0.1, 0.15) is 41.9 Å². The minimum atomic E-state index is -5.10. The van der Waals surface area contributed by atoms with Crippen molar-refractivity contribution in [3.05, 3.63) is 53.1 Å². The number of hydrogen-bond donors (Lipinski definition) is 3. The monoisotopic (exact) mass is 502 g/mol. The summed E-state index contributed by atoms with van der Waals surface area (Å²) in [6, 6.07) is 4.19. The number of carbonyl (C=O) groups is 1. The lowest BCUT2D eigenvalue weighted by Gasteiger charge is -2.38. The molecule has 3 rings (SSSR count). The molecular formula is C21H22F4N4O4S. The highest BCUT2D eigenvalue weighted by atomic mass is 32.2. The number of aliphatic hydroxyl groups is 1. The van der Waals surface area contributed by atoms with Crippen LogP contribution in [0.5, 0.6) is 0 Å². The molecular weight excluding hydrogens is 480 g/mol. The Balaban J connectivity index is 2.02. The normalized spacial score (nSPS) is 14.8. The smallest absolute Gasteiger partial charge is 0.380 e. The summed E-state index contributed by atoms with van der Waals surface area (Å²) in [5.74, 6) is -1.80. The molecule has 1 aromatic carbocycles. The van der Waals surface area contributed by atoms with Gasteiger partial charge in [-0.15, -0.1) is 0 Å². The second-order valence-electron chi connectivity index (χ2n) is 8.84. The van der Waals surface area contributed by atoms with Crippen molar-refractivity contribution in [3.63, 3.8) is 0 Å². The van der Waals surface area contributed by atoms with Gasteiger partial charge >= 0.3 is 6.18 Å². The Hall–Kier alpha value is -3.06. The number of halogens is 4. The molecule has 0 spiro atoms. The fourth-order valence-corrected chi connectivity index (χ4v) is 4.46. The third-order valence-electron chi connectivity index (χ3n) is 5.46. The maximum atomic E-state index is 14.1. The van der Waals surface area contributed by atoms with Crippen molar-refractivity contribution in [3.8, 4) is 0 Å². The summed E-state index contributed by atoms with van der Waals surface area (Å²) in [5, 5.41) is 10.3. The van der Waals surface area contributed by atoms with Crippen LogP contribution in [0.4, 0.5) is 17.6 Å². The lowest BCUT2D eigenvalue weighted by molar-refractivity contribution is -0.266. The van der Waals surface area contributed by atoms with Crippen LogP contribution in [-0.4, -0.2) is 52.4 Å². The molecule has 2 heterocycles. The Kier molecular flexibility index (Phi) is 6.25. The average molecular weight is 502 g/mol. The van der Waals surface area contributed by atoms with E-state index >= 15 is 0 Å². The van der Waals surface area contributed by atoms with E-state index in [-0.39, 0.29) is 27.9 Å². The number of benzene rings is 1. The Labute approximate surface area is 192 Å². The van der Waals surface area contributed by atoms with Crippen molar-refractivity contribution in [1.82, 2.24) is 15.0 Å². The predicted octanol–water partition coefficient (Wildman–Crippen LogP) is 2.80. The van der Waals surface area contributed by atoms with E-state index in [4.69, 9.17) is 5.73 Å². The number of primary amides is 1. The lowest BCUT2D eigenvalue weighted by atomic mass is 9.72. The first-order chi connectivity index (χ1) is 15.4. The molecule has 184 valence electrons. The quantitative estimate of drug-likeness (QED) is 0.335. The van der Waals surface area contributed by atoms with Gasteiger partial charge in [0.2, 0.25) is 20.9 Å². The zero-order chi connectivity index (χ0) is 25.7. The highest BCUT2D eigenvalue weighted by Gasteiger charge is 2.56. The fraction of sp³-hybridized carbons (Fsp3) is 0.381. The first-order valence-electron chi connectivity index (χ1n) is 9.87. The molecule has 0 fully saturated rings. The number of nitrogens with zero attached hydrogens (tertiary/aromatic N) is 2. The predicted molar refractivity (Wildman–Crippen MR) is 114 cm³/mol. The molecule has 4 N–H and O–H groups in total. The molecule has 34 heavy (non-hydrogen) atoms. The van der Waals surface area contributed by atoms with E-state index in [2.05, 4.69) is 15.0 Å². The van der Waals surface area contributed by atoms with Crippen molar-refractivity contribution < 1.29 is 35.9 Å². The molecule has 0 aliphatic heterocycles. The summed E-state index contributed by atoms with van der Waals surface area (Å²) < 4.78 is 79.3. The number of carbonyl (C=O) groups excluding carboxylic acids is 1. The highest BCUT2D eigenvalue weighted by molar-refractivity contribution is 7.90. The summed E-state index contributed by atoms with van der Waals surface area (Å²) in [6.07, 6.45) is -4.92. The second kappa shape index (κ2) is 8.31. The van der Waals surface area contributed by atoms with Crippen molar-refractivity contribution >= 4 is 26.8 Å².